The molecule has 0 aliphatic rings. The molecule has 0 atom stereocenters. The van der Waals surface area contributed by atoms with Crippen molar-refractivity contribution in [3.8, 4) is 0 Å². The van der Waals surface area contributed by atoms with Crippen molar-refractivity contribution in [1.82, 2.24) is 4.90 Å². The predicted molar refractivity (Wildman–Crippen MR) is 63.3 cm³/mol. The lowest BCUT2D eigenvalue weighted by atomic mass is 10.3. The van der Waals surface area contributed by atoms with Gasteiger partial charge in [-0.1, -0.05) is 0 Å². The Morgan fingerprint density at radius 3 is 2.35 bits per heavy atom. The third-order valence-electron chi connectivity index (χ3n) is 2.17. The molecule has 0 saturated carbocycles. The van der Waals surface area contributed by atoms with Gasteiger partial charge in [0.1, 0.15) is 0 Å². The van der Waals surface area contributed by atoms with E-state index in [1.165, 1.54) is 0 Å². The van der Waals surface area contributed by atoms with Gasteiger partial charge in [0.05, 0.1) is 26.4 Å². The van der Waals surface area contributed by atoms with Gasteiger partial charge in [-0.3, -0.25) is 9.69 Å². The molecular formula is C11H23NO5. The van der Waals surface area contributed by atoms with Crippen LogP contribution in [0.1, 0.15) is 6.42 Å². The van der Waals surface area contributed by atoms with Gasteiger partial charge in [-0.15, -0.1) is 0 Å². The van der Waals surface area contributed by atoms with E-state index in [4.69, 9.17) is 19.3 Å². The first-order valence-corrected chi connectivity index (χ1v) is 5.70. The van der Waals surface area contributed by atoms with Crippen LogP contribution in [-0.4, -0.2) is 76.3 Å². The molecule has 0 rings (SSSR count). The van der Waals surface area contributed by atoms with Crippen LogP contribution in [-0.2, 0) is 19.0 Å². The summed E-state index contributed by atoms with van der Waals surface area (Å²) in [4.78, 5) is 12.5. The average molecular weight is 249 g/mol. The number of nitrogens with zero attached hydrogens (tertiary/aromatic N) is 1. The van der Waals surface area contributed by atoms with Gasteiger partial charge in [-0.2, -0.15) is 0 Å². The van der Waals surface area contributed by atoms with Crippen molar-refractivity contribution in [3.05, 3.63) is 0 Å². The zero-order valence-corrected chi connectivity index (χ0v) is 10.7. The molecule has 0 heterocycles. The third-order valence-corrected chi connectivity index (χ3v) is 2.17. The number of carboxylic acids is 1. The molecule has 6 heteroatoms. The van der Waals surface area contributed by atoms with Crippen LogP contribution < -0.4 is 0 Å². The Morgan fingerprint density at radius 2 is 1.76 bits per heavy atom. The minimum Gasteiger partial charge on any atom is -0.480 e. The summed E-state index contributed by atoms with van der Waals surface area (Å²) in [6.07, 6.45) is 0.806. The highest BCUT2D eigenvalue weighted by molar-refractivity contribution is 5.69. The summed E-state index contributed by atoms with van der Waals surface area (Å²) in [7, 11) is 3.23. The average Bonchev–Trinajstić information content (AvgIpc) is 2.29. The standard InChI is InChI=1S/C11H23NO5/c1-15-7-5-12(10-11(13)14)4-3-6-17-9-8-16-2/h3-10H2,1-2H3,(H,13,14). The minimum absolute atomic E-state index is 0.0431. The van der Waals surface area contributed by atoms with Crippen molar-refractivity contribution in [3.63, 3.8) is 0 Å². The van der Waals surface area contributed by atoms with Crippen LogP contribution in [0.25, 0.3) is 0 Å². The fourth-order valence-electron chi connectivity index (χ4n) is 1.32. The topological polar surface area (TPSA) is 68.2 Å². The number of hydrogen-bond donors (Lipinski definition) is 1. The Kier molecular flexibility index (Phi) is 11.3. The van der Waals surface area contributed by atoms with Crippen molar-refractivity contribution in [1.29, 1.82) is 0 Å². The van der Waals surface area contributed by atoms with E-state index in [9.17, 15) is 4.79 Å². The summed E-state index contributed by atoms with van der Waals surface area (Å²) in [5.41, 5.74) is 0. The van der Waals surface area contributed by atoms with Gasteiger partial charge in [-0.25, -0.2) is 0 Å². The number of carbonyl (C=O) groups is 1. The molecule has 0 bridgehead atoms. The molecule has 1 N–H and O–H groups in total. The summed E-state index contributed by atoms with van der Waals surface area (Å²) >= 11 is 0. The summed E-state index contributed by atoms with van der Waals surface area (Å²) in [6, 6.07) is 0. The first-order chi connectivity index (χ1) is 8.20. The second kappa shape index (κ2) is 11.8. The lowest BCUT2D eigenvalue weighted by Gasteiger charge is -2.19. The van der Waals surface area contributed by atoms with Gasteiger partial charge < -0.3 is 19.3 Å². The van der Waals surface area contributed by atoms with E-state index in [0.717, 1.165) is 6.42 Å². The van der Waals surface area contributed by atoms with Crippen LogP contribution in [0.5, 0.6) is 0 Å². The SMILES string of the molecule is COCCOCCCN(CCOC)CC(=O)O. The lowest BCUT2D eigenvalue weighted by Crippen LogP contribution is -2.34. The number of rotatable bonds is 12. The van der Waals surface area contributed by atoms with E-state index in [1.807, 2.05) is 4.90 Å². The van der Waals surface area contributed by atoms with Crippen molar-refractivity contribution in [2.75, 3.05) is 60.3 Å². The van der Waals surface area contributed by atoms with Gasteiger partial charge in [0.25, 0.3) is 0 Å². The molecule has 0 aromatic heterocycles. The van der Waals surface area contributed by atoms with Crippen molar-refractivity contribution >= 4 is 5.97 Å². The van der Waals surface area contributed by atoms with Gasteiger partial charge in [0.2, 0.25) is 0 Å². The second-order valence-corrected chi connectivity index (χ2v) is 3.62. The summed E-state index contributed by atoms with van der Waals surface area (Å²) in [5, 5.41) is 8.73. The zero-order valence-electron chi connectivity index (χ0n) is 10.7. The van der Waals surface area contributed by atoms with Crippen LogP contribution >= 0.6 is 0 Å². The largest absolute Gasteiger partial charge is 0.480 e. The van der Waals surface area contributed by atoms with Crippen LogP contribution in [0, 0.1) is 0 Å². The summed E-state index contributed by atoms with van der Waals surface area (Å²) < 4.78 is 15.1. The fourth-order valence-corrected chi connectivity index (χ4v) is 1.32. The van der Waals surface area contributed by atoms with Gasteiger partial charge in [0, 0.05) is 33.9 Å². The van der Waals surface area contributed by atoms with Crippen LogP contribution in [0.3, 0.4) is 0 Å². The predicted octanol–water partition coefficient (Wildman–Crippen LogP) is 0.0725. The van der Waals surface area contributed by atoms with Gasteiger partial charge in [0.15, 0.2) is 0 Å². The highest BCUT2D eigenvalue weighted by Gasteiger charge is 2.08. The molecule has 0 amide bonds. The van der Waals surface area contributed by atoms with E-state index in [0.29, 0.717) is 39.5 Å². The molecule has 0 spiro atoms. The van der Waals surface area contributed by atoms with Crippen molar-refractivity contribution < 1.29 is 24.1 Å². The third kappa shape index (κ3) is 11.6. The number of carboxylic acid groups (broad SMARTS) is 1. The summed E-state index contributed by atoms with van der Waals surface area (Å²) in [6.45, 7) is 3.69. The normalized spacial score (nSPS) is 11.0. The van der Waals surface area contributed by atoms with Gasteiger partial charge in [-0.05, 0) is 6.42 Å². The smallest absolute Gasteiger partial charge is 0.317 e. The quantitative estimate of drug-likeness (QED) is 0.494. The van der Waals surface area contributed by atoms with Crippen LogP contribution in [0.4, 0.5) is 0 Å². The fraction of sp³-hybridized carbons (Fsp3) is 0.909. The van der Waals surface area contributed by atoms with Crippen LogP contribution in [0.15, 0.2) is 0 Å². The van der Waals surface area contributed by atoms with E-state index >= 15 is 0 Å². The highest BCUT2D eigenvalue weighted by Crippen LogP contribution is 1.93. The number of ether oxygens (including phenoxy) is 3. The molecule has 0 aromatic carbocycles. The molecule has 0 unspecified atom stereocenters. The van der Waals surface area contributed by atoms with Crippen LogP contribution in [0.2, 0.25) is 0 Å². The molecule has 6 nitrogen and oxygen atoms in total. The molecule has 0 saturated heterocycles. The summed E-state index contributed by atoms with van der Waals surface area (Å²) in [5.74, 6) is -0.818. The lowest BCUT2D eigenvalue weighted by molar-refractivity contribution is -0.138. The second-order valence-electron chi connectivity index (χ2n) is 3.62. The molecule has 0 radical (unpaired) electrons. The molecule has 0 fully saturated rings. The van der Waals surface area contributed by atoms with E-state index in [2.05, 4.69) is 0 Å². The molecule has 0 aliphatic heterocycles. The maximum atomic E-state index is 10.6. The molecule has 102 valence electrons. The maximum absolute atomic E-state index is 10.6. The van der Waals surface area contributed by atoms with Gasteiger partial charge >= 0.3 is 5.97 Å². The van der Waals surface area contributed by atoms with E-state index < -0.39 is 5.97 Å². The molecule has 17 heavy (non-hydrogen) atoms. The minimum atomic E-state index is -0.818. The van der Waals surface area contributed by atoms with Crippen molar-refractivity contribution in [2.45, 2.75) is 6.42 Å². The number of aliphatic carboxylic acids is 1. The Balaban J connectivity index is 3.56. The Hall–Kier alpha value is -0.690. The number of hydrogen-bond acceptors (Lipinski definition) is 5. The molecule has 0 aromatic rings. The number of methoxy groups -OCH3 is 2. The highest BCUT2D eigenvalue weighted by atomic mass is 16.5. The monoisotopic (exact) mass is 249 g/mol. The first kappa shape index (κ1) is 16.3. The zero-order chi connectivity index (χ0) is 12.9. The Morgan fingerprint density at radius 1 is 1.06 bits per heavy atom. The Labute approximate surface area is 102 Å². The van der Waals surface area contributed by atoms with E-state index in [-0.39, 0.29) is 6.54 Å². The molecular weight excluding hydrogens is 226 g/mol. The maximum Gasteiger partial charge on any atom is 0.317 e. The first-order valence-electron chi connectivity index (χ1n) is 5.70. The van der Waals surface area contributed by atoms with E-state index in [1.54, 1.807) is 14.2 Å². The molecule has 0 aliphatic carbocycles. The Bertz CT molecular complexity index is 189. The van der Waals surface area contributed by atoms with Crippen molar-refractivity contribution in [2.24, 2.45) is 0 Å².